The Hall–Kier alpha value is -0.580. The third-order valence-electron chi connectivity index (χ3n) is 3.63. The number of likely N-dealkylation sites (tertiary alicyclic amines) is 1. The molecule has 0 aromatic heterocycles. The molecule has 3 nitrogen and oxygen atoms in total. The molecule has 2 unspecified atom stereocenters. The van der Waals surface area contributed by atoms with Crippen molar-refractivity contribution in [3.8, 4) is 5.75 Å². The van der Waals surface area contributed by atoms with E-state index in [-0.39, 0.29) is 0 Å². The molecule has 1 aromatic carbocycles. The average molecular weight is 299 g/mol. The number of aromatic hydroxyl groups is 1. The number of hydrogen-bond acceptors (Lipinski definition) is 3. The van der Waals surface area contributed by atoms with E-state index in [1.165, 1.54) is 5.56 Å². The SMILES string of the molecule is Cc1cc(C2CC(CN)CN2C)cc(Br)c1O. The van der Waals surface area contributed by atoms with Gasteiger partial charge in [-0.15, -0.1) is 0 Å². The minimum Gasteiger partial charge on any atom is -0.506 e. The highest BCUT2D eigenvalue weighted by Crippen LogP contribution is 2.38. The minimum absolute atomic E-state index is 0.338. The number of aryl methyl sites for hydroxylation is 1. The lowest BCUT2D eigenvalue weighted by Gasteiger charge is -2.20. The molecule has 0 spiro atoms. The van der Waals surface area contributed by atoms with Crippen LogP contribution in [0.5, 0.6) is 5.75 Å². The standard InChI is InChI=1S/C13H19BrN2O/c1-8-3-10(5-11(14)13(8)17)12-4-9(6-15)7-16(12)2/h3,5,9,12,17H,4,6-7,15H2,1-2H3. The number of hydrogen-bond donors (Lipinski definition) is 2. The molecule has 3 N–H and O–H groups in total. The van der Waals surface area contributed by atoms with Gasteiger partial charge in [-0.3, -0.25) is 4.90 Å². The lowest BCUT2D eigenvalue weighted by atomic mass is 9.98. The topological polar surface area (TPSA) is 49.5 Å². The van der Waals surface area contributed by atoms with Crippen molar-refractivity contribution in [1.82, 2.24) is 4.90 Å². The summed E-state index contributed by atoms with van der Waals surface area (Å²) in [6, 6.07) is 4.50. The van der Waals surface area contributed by atoms with Gasteiger partial charge in [0.05, 0.1) is 4.47 Å². The molecule has 1 aliphatic heterocycles. The number of rotatable bonds is 2. The predicted molar refractivity (Wildman–Crippen MR) is 73.1 cm³/mol. The second-order valence-corrected chi connectivity index (χ2v) is 5.82. The van der Waals surface area contributed by atoms with Gasteiger partial charge in [0.15, 0.2) is 0 Å². The Morgan fingerprint density at radius 3 is 2.76 bits per heavy atom. The Kier molecular flexibility index (Phi) is 3.76. The van der Waals surface area contributed by atoms with Gasteiger partial charge in [-0.1, -0.05) is 6.07 Å². The molecule has 1 fully saturated rings. The third kappa shape index (κ3) is 2.49. The van der Waals surface area contributed by atoms with Crippen LogP contribution in [0, 0.1) is 12.8 Å². The smallest absolute Gasteiger partial charge is 0.132 e. The number of nitrogens with two attached hydrogens (primary N) is 1. The summed E-state index contributed by atoms with van der Waals surface area (Å²) in [4.78, 5) is 2.34. The number of nitrogens with zero attached hydrogens (tertiary/aromatic N) is 1. The van der Waals surface area contributed by atoms with Crippen LogP contribution in [0.25, 0.3) is 0 Å². The Balaban J connectivity index is 2.29. The van der Waals surface area contributed by atoms with Crippen LogP contribution in [-0.2, 0) is 0 Å². The second kappa shape index (κ2) is 4.96. The van der Waals surface area contributed by atoms with E-state index in [0.29, 0.717) is 17.7 Å². The minimum atomic E-state index is 0.338. The van der Waals surface area contributed by atoms with Crippen molar-refractivity contribution in [1.29, 1.82) is 0 Å². The lowest BCUT2D eigenvalue weighted by Crippen LogP contribution is -2.20. The Morgan fingerprint density at radius 2 is 2.24 bits per heavy atom. The molecule has 2 rings (SSSR count). The molecule has 1 heterocycles. The Bertz CT molecular complexity index is 399. The monoisotopic (exact) mass is 298 g/mol. The highest BCUT2D eigenvalue weighted by molar-refractivity contribution is 9.10. The zero-order valence-corrected chi connectivity index (χ0v) is 11.9. The fraction of sp³-hybridized carbons (Fsp3) is 0.538. The van der Waals surface area contributed by atoms with E-state index in [1.54, 1.807) is 0 Å². The number of phenols is 1. The lowest BCUT2D eigenvalue weighted by molar-refractivity contribution is 0.313. The van der Waals surface area contributed by atoms with Crippen LogP contribution in [-0.4, -0.2) is 30.1 Å². The second-order valence-electron chi connectivity index (χ2n) is 4.96. The van der Waals surface area contributed by atoms with E-state index in [4.69, 9.17) is 5.73 Å². The molecular formula is C13H19BrN2O. The van der Waals surface area contributed by atoms with Crippen LogP contribution >= 0.6 is 15.9 Å². The molecule has 1 aliphatic rings. The maximum atomic E-state index is 9.76. The molecule has 0 aliphatic carbocycles. The van der Waals surface area contributed by atoms with Gasteiger partial charge in [0, 0.05) is 12.6 Å². The fourth-order valence-electron chi connectivity index (χ4n) is 2.62. The summed E-state index contributed by atoms with van der Waals surface area (Å²) in [6.45, 7) is 3.73. The largest absolute Gasteiger partial charge is 0.506 e. The maximum absolute atomic E-state index is 9.76. The summed E-state index contributed by atoms with van der Waals surface area (Å²) >= 11 is 3.40. The highest BCUT2D eigenvalue weighted by atomic mass is 79.9. The van der Waals surface area contributed by atoms with Gasteiger partial charge in [-0.25, -0.2) is 0 Å². The van der Waals surface area contributed by atoms with Crippen molar-refractivity contribution in [2.24, 2.45) is 11.7 Å². The van der Waals surface area contributed by atoms with Crippen molar-refractivity contribution in [2.45, 2.75) is 19.4 Å². The van der Waals surface area contributed by atoms with E-state index in [0.717, 1.165) is 29.5 Å². The van der Waals surface area contributed by atoms with Crippen molar-refractivity contribution in [2.75, 3.05) is 20.1 Å². The van der Waals surface area contributed by atoms with Crippen molar-refractivity contribution in [3.05, 3.63) is 27.7 Å². The molecule has 0 bridgehead atoms. The molecule has 1 aromatic rings. The van der Waals surface area contributed by atoms with Gasteiger partial charge < -0.3 is 10.8 Å². The maximum Gasteiger partial charge on any atom is 0.132 e. The highest BCUT2D eigenvalue weighted by Gasteiger charge is 2.30. The van der Waals surface area contributed by atoms with Crippen LogP contribution in [0.15, 0.2) is 16.6 Å². The zero-order valence-electron chi connectivity index (χ0n) is 10.3. The number of halogens is 1. The summed E-state index contributed by atoms with van der Waals surface area (Å²) in [6.07, 6.45) is 1.10. The Labute approximate surface area is 111 Å². The Morgan fingerprint density at radius 1 is 1.53 bits per heavy atom. The quantitative estimate of drug-likeness (QED) is 0.881. The first-order chi connectivity index (χ1) is 8.02. The summed E-state index contributed by atoms with van der Waals surface area (Å²) in [5.74, 6) is 0.919. The van der Waals surface area contributed by atoms with Crippen LogP contribution < -0.4 is 5.73 Å². The normalized spacial score (nSPS) is 25.4. The van der Waals surface area contributed by atoms with Gasteiger partial charge in [-0.05, 0) is 66.0 Å². The van der Waals surface area contributed by atoms with Gasteiger partial charge in [0.1, 0.15) is 5.75 Å². The average Bonchev–Trinajstić information content (AvgIpc) is 2.67. The predicted octanol–water partition coefficient (Wildman–Crippen LogP) is 2.41. The molecule has 0 saturated carbocycles. The first-order valence-corrected chi connectivity index (χ1v) is 6.71. The molecule has 0 amide bonds. The van der Waals surface area contributed by atoms with Gasteiger partial charge in [0.25, 0.3) is 0 Å². The number of benzene rings is 1. The fourth-order valence-corrected chi connectivity index (χ4v) is 3.20. The summed E-state index contributed by atoms with van der Waals surface area (Å²) < 4.78 is 0.775. The molecule has 4 heteroatoms. The van der Waals surface area contributed by atoms with Crippen molar-refractivity contribution in [3.63, 3.8) is 0 Å². The van der Waals surface area contributed by atoms with E-state index in [2.05, 4.69) is 33.9 Å². The molecular weight excluding hydrogens is 280 g/mol. The van der Waals surface area contributed by atoms with Crippen LogP contribution in [0.2, 0.25) is 0 Å². The molecule has 0 radical (unpaired) electrons. The molecule has 17 heavy (non-hydrogen) atoms. The van der Waals surface area contributed by atoms with Gasteiger partial charge >= 0.3 is 0 Å². The van der Waals surface area contributed by atoms with Crippen LogP contribution in [0.3, 0.4) is 0 Å². The van der Waals surface area contributed by atoms with Gasteiger partial charge in [-0.2, -0.15) is 0 Å². The molecule has 2 atom stereocenters. The summed E-state index contributed by atoms with van der Waals surface area (Å²) in [7, 11) is 2.14. The van der Waals surface area contributed by atoms with E-state index < -0.39 is 0 Å². The molecule has 94 valence electrons. The first kappa shape index (κ1) is 12.9. The molecule has 1 saturated heterocycles. The first-order valence-electron chi connectivity index (χ1n) is 5.92. The van der Waals surface area contributed by atoms with Crippen molar-refractivity contribution >= 4 is 15.9 Å². The third-order valence-corrected chi connectivity index (χ3v) is 4.23. The van der Waals surface area contributed by atoms with Crippen LogP contribution in [0.4, 0.5) is 0 Å². The van der Waals surface area contributed by atoms with Crippen LogP contribution in [0.1, 0.15) is 23.6 Å². The summed E-state index contributed by atoms with van der Waals surface area (Å²) in [5, 5.41) is 9.76. The van der Waals surface area contributed by atoms with Crippen molar-refractivity contribution < 1.29 is 5.11 Å². The van der Waals surface area contributed by atoms with E-state index in [1.807, 2.05) is 13.0 Å². The van der Waals surface area contributed by atoms with Gasteiger partial charge in [0.2, 0.25) is 0 Å². The van der Waals surface area contributed by atoms with E-state index in [9.17, 15) is 5.11 Å². The number of phenolic OH excluding ortho intramolecular Hbond substituents is 1. The van der Waals surface area contributed by atoms with E-state index >= 15 is 0 Å². The zero-order chi connectivity index (χ0) is 12.6. The summed E-state index contributed by atoms with van der Waals surface area (Å²) in [5.41, 5.74) is 7.92.